The fraction of sp³-hybridized carbons (Fsp3) is 0.538. The molecule has 0 spiro atoms. The Kier molecular flexibility index (Phi) is 3.71. The van der Waals surface area contributed by atoms with E-state index < -0.39 is 0 Å². The molecule has 15 heavy (non-hydrogen) atoms. The van der Waals surface area contributed by atoms with Crippen LogP contribution in [0.5, 0.6) is 0 Å². The van der Waals surface area contributed by atoms with Crippen LogP contribution in [0.25, 0.3) is 0 Å². The highest BCUT2D eigenvalue weighted by Gasteiger charge is 2.18. The zero-order chi connectivity index (χ0) is 10.7. The van der Waals surface area contributed by atoms with Crippen molar-refractivity contribution >= 4 is 12.6 Å². The lowest BCUT2D eigenvalue weighted by Crippen LogP contribution is -2.36. The van der Waals surface area contributed by atoms with Gasteiger partial charge in [-0.15, -0.1) is 12.6 Å². The number of thiol groups is 1. The molecule has 1 aliphatic heterocycles. The molecule has 0 N–H and O–H groups in total. The van der Waals surface area contributed by atoms with Crippen LogP contribution in [0.15, 0.2) is 29.2 Å². The Bertz CT molecular complexity index is 324. The Morgan fingerprint density at radius 1 is 1.33 bits per heavy atom. The van der Waals surface area contributed by atoms with Gasteiger partial charge in [-0.2, -0.15) is 0 Å². The molecule has 1 heterocycles. The van der Waals surface area contributed by atoms with E-state index in [1.165, 1.54) is 31.4 Å². The maximum absolute atomic E-state index is 4.50. The molecule has 1 aromatic rings. The van der Waals surface area contributed by atoms with E-state index in [4.69, 9.17) is 0 Å². The van der Waals surface area contributed by atoms with Crippen molar-refractivity contribution in [2.24, 2.45) is 0 Å². The molecule has 0 aromatic heterocycles. The first-order valence-electron chi connectivity index (χ1n) is 5.78. The van der Waals surface area contributed by atoms with Gasteiger partial charge in [0.2, 0.25) is 0 Å². The van der Waals surface area contributed by atoms with Gasteiger partial charge in [-0.3, -0.25) is 4.90 Å². The fourth-order valence-electron chi connectivity index (χ4n) is 2.26. The highest BCUT2D eigenvalue weighted by atomic mass is 32.1. The van der Waals surface area contributed by atoms with Gasteiger partial charge in [0.1, 0.15) is 0 Å². The van der Waals surface area contributed by atoms with E-state index >= 15 is 0 Å². The topological polar surface area (TPSA) is 3.24 Å². The molecular formula is C13H19NS. The minimum absolute atomic E-state index is 0.728. The summed E-state index contributed by atoms with van der Waals surface area (Å²) in [6.07, 6.45) is 4.08. The highest BCUT2D eigenvalue weighted by Crippen LogP contribution is 2.21. The van der Waals surface area contributed by atoms with Crippen LogP contribution in [0.3, 0.4) is 0 Å². The van der Waals surface area contributed by atoms with Gasteiger partial charge in [-0.1, -0.05) is 24.6 Å². The van der Waals surface area contributed by atoms with Crippen molar-refractivity contribution in [1.82, 2.24) is 4.90 Å². The molecule has 0 radical (unpaired) electrons. The summed E-state index contributed by atoms with van der Waals surface area (Å²) in [4.78, 5) is 3.69. The fourth-order valence-corrected chi connectivity index (χ4v) is 2.49. The first kappa shape index (κ1) is 11.0. The monoisotopic (exact) mass is 221 g/mol. The molecule has 2 heteroatoms. The molecule has 1 aliphatic rings. The summed E-state index contributed by atoms with van der Waals surface area (Å²) in [6.45, 7) is 4.63. The van der Waals surface area contributed by atoms with E-state index in [-0.39, 0.29) is 0 Å². The molecule has 82 valence electrons. The van der Waals surface area contributed by atoms with Gasteiger partial charge in [0, 0.05) is 17.5 Å². The predicted molar refractivity (Wildman–Crippen MR) is 67.4 cm³/mol. The number of nitrogens with zero attached hydrogens (tertiary/aromatic N) is 1. The van der Waals surface area contributed by atoms with Crippen molar-refractivity contribution < 1.29 is 0 Å². The van der Waals surface area contributed by atoms with E-state index in [0.29, 0.717) is 0 Å². The van der Waals surface area contributed by atoms with Crippen molar-refractivity contribution in [3.8, 4) is 0 Å². The average molecular weight is 221 g/mol. The summed E-state index contributed by atoms with van der Waals surface area (Å²) in [7, 11) is 0. The maximum atomic E-state index is 4.50. The molecule has 1 fully saturated rings. The van der Waals surface area contributed by atoms with Gasteiger partial charge < -0.3 is 0 Å². The molecule has 0 amide bonds. The molecule has 1 atom stereocenters. The maximum Gasteiger partial charge on any atom is 0.0247 e. The minimum Gasteiger partial charge on any atom is -0.296 e. The number of hydrogen-bond acceptors (Lipinski definition) is 2. The van der Waals surface area contributed by atoms with Crippen LogP contribution >= 0.6 is 12.6 Å². The van der Waals surface area contributed by atoms with Crippen molar-refractivity contribution in [2.45, 2.75) is 43.7 Å². The molecule has 2 rings (SSSR count). The predicted octanol–water partition coefficient (Wildman–Crippen LogP) is 3.35. The lowest BCUT2D eigenvalue weighted by molar-refractivity contribution is 0.151. The van der Waals surface area contributed by atoms with Gasteiger partial charge in [-0.25, -0.2) is 0 Å². The third kappa shape index (κ3) is 2.76. The molecule has 1 saturated heterocycles. The Hall–Kier alpha value is -0.470. The zero-order valence-electron chi connectivity index (χ0n) is 9.32. The lowest BCUT2D eigenvalue weighted by atomic mass is 10.0. The van der Waals surface area contributed by atoms with Crippen LogP contribution in [0.2, 0.25) is 0 Å². The molecule has 0 bridgehead atoms. The van der Waals surface area contributed by atoms with Gasteiger partial charge in [0.15, 0.2) is 0 Å². The Balaban J connectivity index is 2.04. The van der Waals surface area contributed by atoms with Crippen LogP contribution in [0, 0.1) is 0 Å². The Morgan fingerprint density at radius 2 is 2.13 bits per heavy atom. The number of benzene rings is 1. The summed E-state index contributed by atoms with van der Waals surface area (Å²) in [6, 6.07) is 9.14. The van der Waals surface area contributed by atoms with E-state index in [1.54, 1.807) is 0 Å². The molecule has 1 unspecified atom stereocenters. The van der Waals surface area contributed by atoms with Crippen LogP contribution < -0.4 is 0 Å². The largest absolute Gasteiger partial charge is 0.296 e. The zero-order valence-corrected chi connectivity index (χ0v) is 10.2. The van der Waals surface area contributed by atoms with E-state index in [9.17, 15) is 0 Å². The van der Waals surface area contributed by atoms with Crippen LogP contribution in [0.1, 0.15) is 31.7 Å². The third-order valence-corrected chi connectivity index (χ3v) is 3.74. The second-order valence-corrected chi connectivity index (χ2v) is 4.93. The summed E-state index contributed by atoms with van der Waals surface area (Å²) in [5.74, 6) is 0. The number of rotatable bonds is 2. The quantitative estimate of drug-likeness (QED) is 0.750. The normalized spacial score (nSPS) is 22.9. The standard InChI is InChI=1S/C13H19NS/c1-11-6-4-5-9-14(11)10-12-7-2-3-8-13(12)15/h2-3,7-8,11,15H,4-6,9-10H2,1H3. The van der Waals surface area contributed by atoms with Crippen LogP contribution in [0.4, 0.5) is 0 Å². The van der Waals surface area contributed by atoms with Crippen LogP contribution in [-0.2, 0) is 6.54 Å². The summed E-state index contributed by atoms with van der Waals surface area (Å²) in [5.41, 5.74) is 1.36. The SMILES string of the molecule is CC1CCCCN1Cc1ccccc1S. The summed E-state index contributed by atoms with van der Waals surface area (Å²) in [5, 5.41) is 0. The van der Waals surface area contributed by atoms with Crippen molar-refractivity contribution in [2.75, 3.05) is 6.54 Å². The first-order valence-corrected chi connectivity index (χ1v) is 6.23. The lowest BCUT2D eigenvalue weighted by Gasteiger charge is -2.33. The second-order valence-electron chi connectivity index (χ2n) is 4.44. The van der Waals surface area contributed by atoms with Crippen molar-refractivity contribution in [3.05, 3.63) is 29.8 Å². The summed E-state index contributed by atoms with van der Waals surface area (Å²) < 4.78 is 0. The Morgan fingerprint density at radius 3 is 2.87 bits per heavy atom. The number of hydrogen-bond donors (Lipinski definition) is 1. The first-order chi connectivity index (χ1) is 7.27. The summed E-state index contributed by atoms with van der Waals surface area (Å²) >= 11 is 4.50. The molecule has 1 aromatic carbocycles. The molecule has 1 nitrogen and oxygen atoms in total. The van der Waals surface area contributed by atoms with E-state index in [2.05, 4.69) is 42.7 Å². The molecular weight excluding hydrogens is 202 g/mol. The highest BCUT2D eigenvalue weighted by molar-refractivity contribution is 7.80. The third-order valence-electron chi connectivity index (χ3n) is 3.31. The Labute approximate surface area is 97.9 Å². The van der Waals surface area contributed by atoms with Gasteiger partial charge >= 0.3 is 0 Å². The second kappa shape index (κ2) is 5.04. The van der Waals surface area contributed by atoms with E-state index in [1.807, 2.05) is 6.07 Å². The minimum atomic E-state index is 0.728. The van der Waals surface area contributed by atoms with Gasteiger partial charge in [0.25, 0.3) is 0 Å². The smallest absolute Gasteiger partial charge is 0.0247 e. The number of likely N-dealkylation sites (tertiary alicyclic amines) is 1. The van der Waals surface area contributed by atoms with Gasteiger partial charge in [0.05, 0.1) is 0 Å². The van der Waals surface area contributed by atoms with Crippen molar-refractivity contribution in [1.29, 1.82) is 0 Å². The van der Waals surface area contributed by atoms with E-state index in [0.717, 1.165) is 17.5 Å². The van der Waals surface area contributed by atoms with Crippen LogP contribution in [-0.4, -0.2) is 17.5 Å². The number of piperidine rings is 1. The van der Waals surface area contributed by atoms with Crippen molar-refractivity contribution in [3.63, 3.8) is 0 Å². The van der Waals surface area contributed by atoms with Gasteiger partial charge in [-0.05, 0) is 37.9 Å². The molecule has 0 saturated carbocycles. The average Bonchev–Trinajstić information content (AvgIpc) is 2.24. The molecule has 0 aliphatic carbocycles.